The van der Waals surface area contributed by atoms with Crippen molar-refractivity contribution in [2.45, 2.75) is 74.8 Å². The van der Waals surface area contributed by atoms with Gasteiger partial charge in [-0.15, -0.1) is 0 Å². The van der Waals surface area contributed by atoms with Gasteiger partial charge in [-0.3, -0.25) is 0 Å². The molecular weight excluding hydrogens is 588 g/mol. The second-order valence-electron chi connectivity index (χ2n) is 10.4. The van der Waals surface area contributed by atoms with Crippen molar-refractivity contribution in [3.63, 3.8) is 0 Å². The van der Waals surface area contributed by atoms with Crippen LogP contribution in [0.2, 0.25) is 0 Å². The van der Waals surface area contributed by atoms with Crippen LogP contribution in [0.25, 0.3) is 6.08 Å². The summed E-state index contributed by atoms with van der Waals surface area (Å²) in [6, 6.07) is 7.98. The van der Waals surface area contributed by atoms with Gasteiger partial charge in [0.2, 0.25) is 0 Å². The van der Waals surface area contributed by atoms with Crippen molar-refractivity contribution in [2.75, 3.05) is 13.2 Å². The lowest BCUT2D eigenvalue weighted by Crippen LogP contribution is -2.65. The molecule has 2 saturated heterocycles. The van der Waals surface area contributed by atoms with E-state index in [1.54, 1.807) is 6.07 Å². The fourth-order valence-electron chi connectivity index (χ4n) is 4.76. The molecule has 10 atom stereocenters. The summed E-state index contributed by atoms with van der Waals surface area (Å²) < 4.78 is 28.2. The third kappa shape index (κ3) is 7.76. The molecule has 0 radical (unpaired) electrons. The molecule has 44 heavy (non-hydrogen) atoms. The van der Waals surface area contributed by atoms with Crippen LogP contribution in [0.5, 0.6) is 23.0 Å². The lowest BCUT2D eigenvalue weighted by molar-refractivity contribution is -0.357. The first-order chi connectivity index (χ1) is 20.9. The standard InChI is InChI=1S/C29H36O15/c1-13-22(36)23(37)24(38)29(41-13)44-27-25(39)28(40-9-8-15-3-6-17(32)19(34)11-15)42-20(12-30)26(27)43-21(35)7-4-14-2-5-16(31)18(33)10-14/h2-7,10-11,13,20,22-34,36-39H,8-9,12H2,1H3/t13-,20+,22-,23+,24-,25-,26+,27-,28+,29-/m0/s1. The molecule has 2 fully saturated rings. The number of hydrogen-bond donors (Lipinski definition) is 9. The minimum atomic E-state index is -1.77. The minimum Gasteiger partial charge on any atom is -0.504 e. The van der Waals surface area contributed by atoms with Crippen LogP contribution in [0, 0.1) is 0 Å². The highest BCUT2D eigenvalue weighted by atomic mass is 16.7. The van der Waals surface area contributed by atoms with Gasteiger partial charge in [0, 0.05) is 6.08 Å². The van der Waals surface area contributed by atoms with E-state index in [1.807, 2.05) is 0 Å². The van der Waals surface area contributed by atoms with Crippen molar-refractivity contribution in [1.29, 1.82) is 0 Å². The first-order valence-electron chi connectivity index (χ1n) is 13.7. The molecule has 0 bridgehead atoms. The Bertz CT molecular complexity index is 1300. The molecule has 2 aromatic rings. The van der Waals surface area contributed by atoms with E-state index in [0.717, 1.165) is 6.08 Å². The van der Waals surface area contributed by atoms with E-state index < -0.39 is 79.7 Å². The van der Waals surface area contributed by atoms with Gasteiger partial charge in [0.1, 0.15) is 36.6 Å². The van der Waals surface area contributed by atoms with Crippen molar-refractivity contribution < 1.29 is 74.4 Å². The molecule has 2 aliphatic heterocycles. The number of rotatable bonds is 10. The quantitative estimate of drug-likeness (QED) is 0.0873. The van der Waals surface area contributed by atoms with Gasteiger partial charge in [-0.1, -0.05) is 12.1 Å². The maximum Gasteiger partial charge on any atom is 0.331 e. The van der Waals surface area contributed by atoms with Gasteiger partial charge in [0.15, 0.2) is 41.7 Å². The minimum absolute atomic E-state index is 0.0754. The van der Waals surface area contributed by atoms with Crippen LogP contribution in [-0.2, 0) is 34.9 Å². The third-order valence-electron chi connectivity index (χ3n) is 7.27. The number of ether oxygens (including phenoxy) is 5. The first-order valence-corrected chi connectivity index (χ1v) is 13.7. The predicted molar refractivity (Wildman–Crippen MR) is 147 cm³/mol. The first kappa shape index (κ1) is 33.4. The number of phenolic OH excluding ortho intramolecular Hbond substituents is 4. The molecule has 15 nitrogen and oxygen atoms in total. The number of phenols is 4. The van der Waals surface area contributed by atoms with Crippen molar-refractivity contribution in [1.82, 2.24) is 0 Å². The number of esters is 1. The monoisotopic (exact) mass is 624 g/mol. The Kier molecular flexibility index (Phi) is 11.0. The molecule has 0 unspecified atom stereocenters. The van der Waals surface area contributed by atoms with Crippen LogP contribution in [0.15, 0.2) is 42.5 Å². The van der Waals surface area contributed by atoms with E-state index in [2.05, 4.69) is 0 Å². The fraction of sp³-hybridized carbons (Fsp3) is 0.483. The molecule has 242 valence electrons. The summed E-state index contributed by atoms with van der Waals surface area (Å²) >= 11 is 0. The van der Waals surface area contributed by atoms with E-state index in [0.29, 0.717) is 11.1 Å². The second kappa shape index (κ2) is 14.5. The van der Waals surface area contributed by atoms with Crippen molar-refractivity contribution in [2.24, 2.45) is 0 Å². The zero-order valence-electron chi connectivity index (χ0n) is 23.5. The Morgan fingerprint density at radius 1 is 0.818 bits per heavy atom. The summed E-state index contributed by atoms with van der Waals surface area (Å²) in [5.41, 5.74) is 0.914. The molecular formula is C29H36O15. The Labute approximate surface area is 251 Å². The number of aliphatic hydroxyl groups is 5. The SMILES string of the molecule is C[C@@H]1O[C@@H](O[C@H]2[C@H](O)[C@H](OCCc3ccc(O)c(O)c3)O[C@H](CO)[C@H]2OC(=O)C=Cc2ccc(O)c(O)c2)[C@@H](O)[C@H](O)[C@H]1O. The van der Waals surface area contributed by atoms with E-state index >= 15 is 0 Å². The van der Waals surface area contributed by atoms with Crippen molar-refractivity contribution >= 4 is 12.0 Å². The van der Waals surface area contributed by atoms with Gasteiger partial charge in [0.25, 0.3) is 0 Å². The Hall–Kier alpha value is -3.51. The van der Waals surface area contributed by atoms with Crippen LogP contribution < -0.4 is 0 Å². The molecule has 9 N–H and O–H groups in total. The van der Waals surface area contributed by atoms with Crippen LogP contribution in [0.3, 0.4) is 0 Å². The number of aromatic hydroxyl groups is 4. The number of carbonyl (C=O) groups excluding carboxylic acids is 1. The molecule has 0 saturated carbocycles. The van der Waals surface area contributed by atoms with Crippen molar-refractivity contribution in [3.05, 3.63) is 53.6 Å². The van der Waals surface area contributed by atoms with Gasteiger partial charge in [-0.05, 0) is 54.8 Å². The average molecular weight is 625 g/mol. The normalized spacial score (nSPS) is 32.5. The number of hydrogen-bond acceptors (Lipinski definition) is 15. The summed E-state index contributed by atoms with van der Waals surface area (Å²) in [7, 11) is 0. The lowest BCUT2D eigenvalue weighted by Gasteiger charge is -2.46. The fourth-order valence-corrected chi connectivity index (χ4v) is 4.76. The smallest absolute Gasteiger partial charge is 0.331 e. The summed E-state index contributed by atoms with van der Waals surface area (Å²) in [5.74, 6) is -2.40. The molecule has 2 aliphatic rings. The largest absolute Gasteiger partial charge is 0.504 e. The molecule has 15 heteroatoms. The molecule has 4 rings (SSSR count). The molecule has 2 aromatic carbocycles. The van der Waals surface area contributed by atoms with Gasteiger partial charge in [0.05, 0.1) is 19.3 Å². The van der Waals surface area contributed by atoms with Gasteiger partial charge < -0.3 is 69.6 Å². The molecule has 0 aromatic heterocycles. The summed E-state index contributed by atoms with van der Waals surface area (Å²) in [6.07, 6.45) is -12.6. The molecule has 2 heterocycles. The van der Waals surface area contributed by atoms with Gasteiger partial charge >= 0.3 is 5.97 Å². The zero-order valence-corrected chi connectivity index (χ0v) is 23.5. The Balaban J connectivity index is 1.52. The molecule has 0 amide bonds. The number of carbonyl (C=O) groups is 1. The highest BCUT2D eigenvalue weighted by molar-refractivity contribution is 5.87. The maximum absolute atomic E-state index is 12.8. The van der Waals surface area contributed by atoms with Crippen LogP contribution in [-0.4, -0.2) is 127 Å². The van der Waals surface area contributed by atoms with Gasteiger partial charge in [-0.25, -0.2) is 4.79 Å². The summed E-state index contributed by atoms with van der Waals surface area (Å²) in [4.78, 5) is 12.8. The highest BCUT2D eigenvalue weighted by Gasteiger charge is 2.52. The highest BCUT2D eigenvalue weighted by Crippen LogP contribution is 2.32. The van der Waals surface area contributed by atoms with E-state index in [9.17, 15) is 50.8 Å². The summed E-state index contributed by atoms with van der Waals surface area (Å²) in [5, 5.41) is 90.5. The van der Waals surface area contributed by atoms with Crippen molar-refractivity contribution in [3.8, 4) is 23.0 Å². The second-order valence-corrected chi connectivity index (χ2v) is 10.4. The Morgan fingerprint density at radius 2 is 1.50 bits per heavy atom. The molecule has 0 spiro atoms. The number of benzene rings is 2. The third-order valence-corrected chi connectivity index (χ3v) is 7.27. The van der Waals surface area contributed by atoms with Crippen LogP contribution >= 0.6 is 0 Å². The number of aliphatic hydroxyl groups excluding tert-OH is 5. The van der Waals surface area contributed by atoms with Gasteiger partial charge in [-0.2, -0.15) is 0 Å². The maximum atomic E-state index is 12.8. The molecule has 0 aliphatic carbocycles. The topological polar surface area (TPSA) is 245 Å². The van der Waals surface area contributed by atoms with Crippen LogP contribution in [0.4, 0.5) is 0 Å². The Morgan fingerprint density at radius 3 is 2.16 bits per heavy atom. The van der Waals surface area contributed by atoms with E-state index in [4.69, 9.17) is 23.7 Å². The zero-order chi connectivity index (χ0) is 32.1. The van der Waals surface area contributed by atoms with E-state index in [-0.39, 0.29) is 30.3 Å². The summed E-state index contributed by atoms with van der Waals surface area (Å²) in [6.45, 7) is 0.606. The van der Waals surface area contributed by atoms with E-state index in [1.165, 1.54) is 43.3 Å². The van der Waals surface area contributed by atoms with Crippen LogP contribution in [0.1, 0.15) is 18.1 Å². The lowest BCUT2D eigenvalue weighted by atomic mass is 9.97. The average Bonchev–Trinajstić information content (AvgIpc) is 2.99. The predicted octanol–water partition coefficient (Wildman–Crippen LogP) is -1.02.